The molecule has 0 radical (unpaired) electrons. The number of thioether (sulfide) groups is 1. The van der Waals surface area contributed by atoms with Crippen molar-refractivity contribution in [3.05, 3.63) is 42.1 Å². The number of aromatic nitrogens is 3. The Morgan fingerprint density at radius 1 is 1.22 bits per heavy atom. The van der Waals surface area contributed by atoms with Crippen LogP contribution in [0, 0.1) is 0 Å². The van der Waals surface area contributed by atoms with Crippen LogP contribution in [0.2, 0.25) is 0 Å². The number of imidazole rings is 1. The second kappa shape index (κ2) is 3.85. The third kappa shape index (κ3) is 1.53. The minimum absolute atomic E-state index is 0.780. The average molecular weight is 253 g/mol. The lowest BCUT2D eigenvalue weighted by atomic mass is 10.1. The molecular formula is C14H11N3S. The number of H-pyrrole nitrogens is 1. The van der Waals surface area contributed by atoms with Crippen molar-refractivity contribution in [2.75, 3.05) is 5.75 Å². The highest BCUT2D eigenvalue weighted by molar-refractivity contribution is 7.99. The SMILES string of the molecule is c1cnc2nc(-c3ccc4c(c3)CCS4)[nH]c2c1. The van der Waals surface area contributed by atoms with Crippen molar-refractivity contribution in [2.45, 2.75) is 11.3 Å². The molecule has 0 atom stereocenters. The lowest BCUT2D eigenvalue weighted by Crippen LogP contribution is -1.85. The number of aromatic amines is 1. The Balaban J connectivity index is 1.86. The third-order valence-electron chi connectivity index (χ3n) is 3.22. The lowest BCUT2D eigenvalue weighted by molar-refractivity contribution is 1.14. The maximum absolute atomic E-state index is 4.53. The van der Waals surface area contributed by atoms with Crippen LogP contribution in [0.3, 0.4) is 0 Å². The Morgan fingerprint density at radius 3 is 3.17 bits per heavy atom. The molecule has 0 bridgehead atoms. The van der Waals surface area contributed by atoms with Gasteiger partial charge in [0.1, 0.15) is 5.82 Å². The van der Waals surface area contributed by atoms with Gasteiger partial charge >= 0.3 is 0 Å². The van der Waals surface area contributed by atoms with Gasteiger partial charge in [0.25, 0.3) is 0 Å². The molecule has 1 aliphatic rings. The minimum atomic E-state index is 0.780. The molecule has 0 amide bonds. The summed E-state index contributed by atoms with van der Waals surface area (Å²) in [5.74, 6) is 2.10. The van der Waals surface area contributed by atoms with E-state index in [4.69, 9.17) is 0 Å². The van der Waals surface area contributed by atoms with Gasteiger partial charge < -0.3 is 4.98 Å². The first kappa shape index (κ1) is 10.1. The summed E-state index contributed by atoms with van der Waals surface area (Å²) >= 11 is 1.93. The summed E-state index contributed by atoms with van der Waals surface area (Å²) in [6, 6.07) is 10.5. The van der Waals surface area contributed by atoms with Gasteiger partial charge in [0.15, 0.2) is 5.65 Å². The first-order chi connectivity index (χ1) is 8.90. The van der Waals surface area contributed by atoms with Crippen molar-refractivity contribution in [3.8, 4) is 11.4 Å². The molecule has 0 spiro atoms. The van der Waals surface area contributed by atoms with Crippen LogP contribution < -0.4 is 0 Å². The van der Waals surface area contributed by atoms with E-state index in [1.165, 1.54) is 16.2 Å². The van der Waals surface area contributed by atoms with Gasteiger partial charge in [-0.3, -0.25) is 0 Å². The summed E-state index contributed by atoms with van der Waals surface area (Å²) in [4.78, 5) is 13.5. The highest BCUT2D eigenvalue weighted by Gasteiger charge is 2.13. The van der Waals surface area contributed by atoms with E-state index in [0.717, 1.165) is 29.0 Å². The maximum Gasteiger partial charge on any atom is 0.178 e. The first-order valence-electron chi connectivity index (χ1n) is 5.97. The Bertz CT molecular complexity index is 700. The van der Waals surface area contributed by atoms with E-state index < -0.39 is 0 Å². The summed E-state index contributed by atoms with van der Waals surface area (Å²) in [5, 5.41) is 0. The third-order valence-corrected chi connectivity index (χ3v) is 4.34. The van der Waals surface area contributed by atoms with E-state index in [-0.39, 0.29) is 0 Å². The van der Waals surface area contributed by atoms with Crippen LogP contribution in [0.5, 0.6) is 0 Å². The molecule has 4 heteroatoms. The Morgan fingerprint density at radius 2 is 2.22 bits per heavy atom. The van der Waals surface area contributed by atoms with Gasteiger partial charge in [-0.15, -0.1) is 11.8 Å². The van der Waals surface area contributed by atoms with Crippen LogP contribution in [0.25, 0.3) is 22.6 Å². The topological polar surface area (TPSA) is 41.6 Å². The molecule has 0 aliphatic carbocycles. The van der Waals surface area contributed by atoms with Gasteiger partial charge in [-0.05, 0) is 36.2 Å². The van der Waals surface area contributed by atoms with Gasteiger partial charge in [-0.2, -0.15) is 0 Å². The van der Waals surface area contributed by atoms with E-state index >= 15 is 0 Å². The largest absolute Gasteiger partial charge is 0.337 e. The van der Waals surface area contributed by atoms with Crippen LogP contribution in [-0.4, -0.2) is 20.7 Å². The fraction of sp³-hybridized carbons (Fsp3) is 0.143. The minimum Gasteiger partial charge on any atom is -0.337 e. The van der Waals surface area contributed by atoms with Crippen molar-refractivity contribution in [1.82, 2.24) is 15.0 Å². The molecule has 1 N–H and O–H groups in total. The van der Waals surface area contributed by atoms with Crippen molar-refractivity contribution in [1.29, 1.82) is 0 Å². The van der Waals surface area contributed by atoms with E-state index in [0.29, 0.717) is 0 Å². The fourth-order valence-corrected chi connectivity index (χ4v) is 3.37. The Labute approximate surface area is 109 Å². The molecule has 1 aromatic carbocycles. The molecule has 3 aromatic rings. The second-order valence-corrected chi connectivity index (χ2v) is 5.52. The van der Waals surface area contributed by atoms with Crippen molar-refractivity contribution in [3.63, 3.8) is 0 Å². The predicted octanol–water partition coefficient (Wildman–Crippen LogP) is 3.27. The van der Waals surface area contributed by atoms with Gasteiger partial charge in [0.2, 0.25) is 0 Å². The van der Waals surface area contributed by atoms with Crippen LogP contribution in [0.15, 0.2) is 41.4 Å². The zero-order chi connectivity index (χ0) is 11.9. The molecule has 2 aromatic heterocycles. The summed E-state index contributed by atoms with van der Waals surface area (Å²) in [6.45, 7) is 0. The molecular weight excluding hydrogens is 242 g/mol. The van der Waals surface area contributed by atoms with Gasteiger partial charge in [-0.25, -0.2) is 9.97 Å². The number of nitrogens with zero attached hydrogens (tertiary/aromatic N) is 2. The molecule has 0 saturated heterocycles. The molecule has 1 aliphatic heterocycles. The number of aryl methyl sites for hydroxylation is 1. The number of nitrogens with one attached hydrogen (secondary N) is 1. The number of hydrogen-bond acceptors (Lipinski definition) is 3. The highest BCUT2D eigenvalue weighted by atomic mass is 32.2. The van der Waals surface area contributed by atoms with Crippen molar-refractivity contribution >= 4 is 22.9 Å². The number of benzene rings is 1. The van der Waals surface area contributed by atoms with E-state index in [1.54, 1.807) is 6.20 Å². The zero-order valence-corrected chi connectivity index (χ0v) is 10.5. The normalized spacial score (nSPS) is 14.0. The molecule has 0 fully saturated rings. The summed E-state index contributed by atoms with van der Waals surface area (Å²) in [7, 11) is 0. The molecule has 18 heavy (non-hydrogen) atoms. The molecule has 3 heterocycles. The fourth-order valence-electron chi connectivity index (χ4n) is 2.32. The molecule has 4 rings (SSSR count). The second-order valence-electron chi connectivity index (χ2n) is 4.38. The Kier molecular flexibility index (Phi) is 2.17. The average Bonchev–Trinajstić information content (AvgIpc) is 3.04. The van der Waals surface area contributed by atoms with E-state index in [9.17, 15) is 0 Å². The monoisotopic (exact) mass is 253 g/mol. The van der Waals surface area contributed by atoms with Gasteiger partial charge in [0, 0.05) is 22.4 Å². The summed E-state index contributed by atoms with van der Waals surface area (Å²) < 4.78 is 0. The number of hydrogen-bond donors (Lipinski definition) is 1. The van der Waals surface area contributed by atoms with Crippen LogP contribution >= 0.6 is 11.8 Å². The molecule has 88 valence electrons. The van der Waals surface area contributed by atoms with Crippen LogP contribution in [0.4, 0.5) is 0 Å². The summed E-state index contributed by atoms with van der Waals surface area (Å²) in [5.41, 5.74) is 4.35. The van der Waals surface area contributed by atoms with Crippen molar-refractivity contribution < 1.29 is 0 Å². The van der Waals surface area contributed by atoms with Crippen LogP contribution in [0.1, 0.15) is 5.56 Å². The zero-order valence-electron chi connectivity index (χ0n) is 9.68. The predicted molar refractivity (Wildman–Crippen MR) is 73.8 cm³/mol. The quantitative estimate of drug-likeness (QED) is 0.723. The first-order valence-corrected chi connectivity index (χ1v) is 6.95. The summed E-state index contributed by atoms with van der Waals surface area (Å²) in [6.07, 6.45) is 2.93. The number of pyridine rings is 1. The molecule has 0 saturated carbocycles. The number of rotatable bonds is 1. The Hall–Kier alpha value is -1.81. The standard InChI is InChI=1S/C14H11N3S/c1-2-11-14(15-6-1)17-13(16-11)10-3-4-12-9(8-10)5-7-18-12/h1-4,6,8H,5,7H2,(H,15,16,17). The smallest absolute Gasteiger partial charge is 0.178 e. The van der Waals surface area contributed by atoms with Crippen molar-refractivity contribution in [2.24, 2.45) is 0 Å². The lowest BCUT2D eigenvalue weighted by Gasteiger charge is -2.01. The van der Waals surface area contributed by atoms with Gasteiger partial charge in [-0.1, -0.05) is 6.07 Å². The van der Waals surface area contributed by atoms with E-state index in [2.05, 4.69) is 33.2 Å². The van der Waals surface area contributed by atoms with E-state index in [1.807, 2.05) is 23.9 Å². The molecule has 0 unspecified atom stereocenters. The van der Waals surface area contributed by atoms with Crippen LogP contribution in [-0.2, 0) is 6.42 Å². The number of fused-ring (bicyclic) bond motifs is 2. The highest BCUT2D eigenvalue weighted by Crippen LogP contribution is 2.33. The maximum atomic E-state index is 4.53. The molecule has 3 nitrogen and oxygen atoms in total. The van der Waals surface area contributed by atoms with Gasteiger partial charge in [0.05, 0.1) is 5.52 Å².